The highest BCUT2D eigenvalue weighted by atomic mass is 16.7. The third kappa shape index (κ3) is 4.84. The Hall–Kier alpha value is -3.11. The van der Waals surface area contributed by atoms with Crippen LogP contribution in [0.3, 0.4) is 0 Å². The molecule has 9 heteroatoms. The minimum atomic E-state index is -1.79. The molecule has 1 saturated heterocycles. The summed E-state index contributed by atoms with van der Waals surface area (Å²) in [6.07, 6.45) is -4.98. The molecule has 1 unspecified atom stereocenters. The number of phenols is 2. The molecule has 1 aliphatic heterocycles. The van der Waals surface area contributed by atoms with Crippen molar-refractivity contribution in [1.82, 2.24) is 0 Å². The summed E-state index contributed by atoms with van der Waals surface area (Å²) in [5.74, 6) is -1.37. The fourth-order valence-electron chi connectivity index (χ4n) is 2.85. The maximum Gasteiger partial charge on any atom is 0.335 e. The van der Waals surface area contributed by atoms with E-state index in [-0.39, 0.29) is 17.2 Å². The lowest BCUT2D eigenvalue weighted by Crippen LogP contribution is -2.61. The maximum atomic E-state index is 11.1. The van der Waals surface area contributed by atoms with Gasteiger partial charge in [-0.2, -0.15) is 0 Å². The number of aliphatic hydroxyl groups is 3. The Kier molecular flexibility index (Phi) is 6.04. The molecule has 0 aliphatic carbocycles. The van der Waals surface area contributed by atoms with Crippen LogP contribution >= 0.6 is 0 Å². The highest BCUT2D eigenvalue weighted by Crippen LogP contribution is 2.26. The SMILES string of the molecule is O=C(O)C1O[C@H](Oc2ccc(/C=C/c3cc(O)cc(O)c3)cc2)[C@H](O)[C@H](O)[C@H]1O. The van der Waals surface area contributed by atoms with E-state index >= 15 is 0 Å². The van der Waals surface area contributed by atoms with E-state index in [1.165, 1.54) is 18.2 Å². The second-order valence-corrected chi connectivity index (χ2v) is 6.54. The van der Waals surface area contributed by atoms with Crippen molar-refractivity contribution in [2.45, 2.75) is 30.7 Å². The Morgan fingerprint density at radius 2 is 1.45 bits per heavy atom. The number of aliphatic carboxylic acids is 1. The normalized spacial score (nSPS) is 27.1. The first kappa shape index (κ1) is 20.6. The number of hydrogen-bond donors (Lipinski definition) is 6. The molecule has 9 nitrogen and oxygen atoms in total. The number of carboxylic acids is 1. The minimum absolute atomic E-state index is 0.0635. The van der Waals surface area contributed by atoms with Crippen molar-refractivity contribution >= 4 is 18.1 Å². The van der Waals surface area contributed by atoms with Gasteiger partial charge in [-0.3, -0.25) is 0 Å². The zero-order chi connectivity index (χ0) is 21.1. The van der Waals surface area contributed by atoms with Gasteiger partial charge in [0.15, 0.2) is 6.10 Å². The fourth-order valence-corrected chi connectivity index (χ4v) is 2.85. The van der Waals surface area contributed by atoms with Gasteiger partial charge < -0.3 is 40.1 Å². The summed E-state index contributed by atoms with van der Waals surface area (Å²) >= 11 is 0. The van der Waals surface area contributed by atoms with Crippen molar-refractivity contribution in [3.05, 3.63) is 53.6 Å². The highest BCUT2D eigenvalue weighted by Gasteiger charge is 2.48. The van der Waals surface area contributed by atoms with E-state index in [9.17, 15) is 30.3 Å². The van der Waals surface area contributed by atoms with E-state index in [0.717, 1.165) is 5.56 Å². The molecule has 6 N–H and O–H groups in total. The van der Waals surface area contributed by atoms with Gasteiger partial charge >= 0.3 is 5.97 Å². The Bertz CT molecular complexity index is 873. The molecule has 0 bridgehead atoms. The fraction of sp³-hybridized carbons (Fsp3) is 0.250. The number of carbonyl (C=O) groups is 1. The van der Waals surface area contributed by atoms with Gasteiger partial charge in [-0.05, 0) is 35.4 Å². The van der Waals surface area contributed by atoms with Crippen LogP contribution in [-0.2, 0) is 9.53 Å². The number of benzene rings is 2. The van der Waals surface area contributed by atoms with Crippen molar-refractivity contribution in [2.75, 3.05) is 0 Å². The first-order valence-electron chi connectivity index (χ1n) is 8.65. The molecule has 1 fully saturated rings. The van der Waals surface area contributed by atoms with Crippen LogP contribution in [0, 0.1) is 0 Å². The van der Waals surface area contributed by atoms with Crippen LogP contribution in [0.25, 0.3) is 12.2 Å². The Balaban J connectivity index is 1.68. The summed E-state index contributed by atoms with van der Waals surface area (Å²) in [7, 11) is 0. The summed E-state index contributed by atoms with van der Waals surface area (Å²) in [6, 6.07) is 10.6. The molecule has 0 radical (unpaired) electrons. The van der Waals surface area contributed by atoms with Crippen LogP contribution < -0.4 is 4.74 Å². The molecule has 154 valence electrons. The number of aliphatic hydroxyl groups excluding tert-OH is 3. The zero-order valence-corrected chi connectivity index (χ0v) is 15.0. The van der Waals surface area contributed by atoms with E-state index in [0.29, 0.717) is 5.56 Å². The van der Waals surface area contributed by atoms with Gasteiger partial charge in [-0.1, -0.05) is 24.3 Å². The van der Waals surface area contributed by atoms with Gasteiger partial charge in [-0.15, -0.1) is 0 Å². The van der Waals surface area contributed by atoms with E-state index in [1.807, 2.05) is 0 Å². The average Bonchev–Trinajstić information content (AvgIpc) is 2.67. The Morgan fingerprint density at radius 1 is 0.862 bits per heavy atom. The minimum Gasteiger partial charge on any atom is -0.508 e. The molecule has 2 aromatic carbocycles. The van der Waals surface area contributed by atoms with Crippen LogP contribution in [0.5, 0.6) is 17.2 Å². The molecular weight excluding hydrogens is 384 g/mol. The zero-order valence-electron chi connectivity index (χ0n) is 15.0. The van der Waals surface area contributed by atoms with Gasteiger partial charge in [0, 0.05) is 6.07 Å². The third-order valence-electron chi connectivity index (χ3n) is 4.34. The maximum absolute atomic E-state index is 11.1. The molecule has 3 rings (SSSR count). The second kappa shape index (κ2) is 8.50. The number of phenolic OH excluding ortho intramolecular Hbond substituents is 2. The first-order chi connectivity index (χ1) is 13.7. The lowest BCUT2D eigenvalue weighted by molar-refractivity contribution is -0.271. The molecule has 0 aromatic heterocycles. The molecule has 0 saturated carbocycles. The van der Waals surface area contributed by atoms with Crippen LogP contribution in [0.2, 0.25) is 0 Å². The Morgan fingerprint density at radius 3 is 2.03 bits per heavy atom. The van der Waals surface area contributed by atoms with E-state index in [2.05, 4.69) is 0 Å². The van der Waals surface area contributed by atoms with Crippen LogP contribution in [-0.4, -0.2) is 67.3 Å². The number of hydrogen-bond acceptors (Lipinski definition) is 8. The molecule has 1 aliphatic rings. The number of carboxylic acid groups (broad SMARTS) is 1. The van der Waals surface area contributed by atoms with Crippen molar-refractivity contribution in [1.29, 1.82) is 0 Å². The van der Waals surface area contributed by atoms with E-state index < -0.39 is 36.7 Å². The molecule has 29 heavy (non-hydrogen) atoms. The number of ether oxygens (including phenoxy) is 2. The molecule has 0 spiro atoms. The highest BCUT2D eigenvalue weighted by molar-refractivity contribution is 5.73. The van der Waals surface area contributed by atoms with Gasteiger partial charge in [0.05, 0.1) is 0 Å². The summed E-state index contributed by atoms with van der Waals surface area (Å²) in [5.41, 5.74) is 1.35. The smallest absolute Gasteiger partial charge is 0.335 e. The van der Waals surface area contributed by atoms with Gasteiger partial charge in [-0.25, -0.2) is 4.79 Å². The van der Waals surface area contributed by atoms with Crippen molar-refractivity contribution < 1.29 is 44.9 Å². The number of rotatable bonds is 5. The second-order valence-electron chi connectivity index (χ2n) is 6.54. The largest absolute Gasteiger partial charge is 0.508 e. The van der Waals surface area contributed by atoms with Gasteiger partial charge in [0.25, 0.3) is 0 Å². The van der Waals surface area contributed by atoms with E-state index in [4.69, 9.17) is 14.6 Å². The van der Waals surface area contributed by atoms with Crippen molar-refractivity contribution in [3.8, 4) is 17.2 Å². The third-order valence-corrected chi connectivity index (χ3v) is 4.34. The number of aromatic hydroxyl groups is 2. The molecule has 2 aromatic rings. The van der Waals surface area contributed by atoms with Crippen LogP contribution in [0.1, 0.15) is 11.1 Å². The molecule has 0 amide bonds. The van der Waals surface area contributed by atoms with Crippen molar-refractivity contribution in [2.24, 2.45) is 0 Å². The summed E-state index contributed by atoms with van der Waals surface area (Å²) in [6.45, 7) is 0. The Labute approximate surface area is 165 Å². The first-order valence-corrected chi connectivity index (χ1v) is 8.65. The van der Waals surface area contributed by atoms with E-state index in [1.54, 1.807) is 36.4 Å². The predicted molar refractivity (Wildman–Crippen MR) is 100 cm³/mol. The summed E-state index contributed by atoms with van der Waals surface area (Å²) in [5, 5.41) is 57.5. The summed E-state index contributed by atoms with van der Waals surface area (Å²) < 4.78 is 10.5. The van der Waals surface area contributed by atoms with Crippen LogP contribution in [0.4, 0.5) is 0 Å². The quantitative estimate of drug-likeness (QED) is 0.391. The summed E-state index contributed by atoms with van der Waals surface area (Å²) in [4.78, 5) is 11.1. The topological polar surface area (TPSA) is 157 Å². The van der Waals surface area contributed by atoms with Crippen molar-refractivity contribution in [3.63, 3.8) is 0 Å². The lowest BCUT2D eigenvalue weighted by Gasteiger charge is -2.38. The van der Waals surface area contributed by atoms with Crippen LogP contribution in [0.15, 0.2) is 42.5 Å². The monoisotopic (exact) mass is 404 g/mol. The van der Waals surface area contributed by atoms with Gasteiger partial charge in [0.1, 0.15) is 35.6 Å². The average molecular weight is 404 g/mol. The molecule has 5 atom stereocenters. The predicted octanol–water partition coefficient (Wildman–Crippen LogP) is 0.539. The lowest BCUT2D eigenvalue weighted by atomic mass is 9.99. The molecular formula is C20H20O9. The van der Waals surface area contributed by atoms with Gasteiger partial charge in [0.2, 0.25) is 6.29 Å². The molecule has 1 heterocycles. The standard InChI is InChI=1S/C20H20O9/c21-12-7-11(8-13(22)9-12)2-1-10-3-5-14(6-4-10)28-20-17(25)15(23)16(24)18(29-20)19(26)27/h1-9,15-18,20-25H,(H,26,27)/b2-1+/t15-,16-,17-,18?,20+/m1/s1.